The molecule has 5 heterocycles. The molecule has 13 heteroatoms. The minimum absolute atomic E-state index is 0.0747. The molecule has 3 aliphatic rings. The van der Waals surface area contributed by atoms with Gasteiger partial charge in [0.1, 0.15) is 11.5 Å². The molecule has 0 radical (unpaired) electrons. The number of amides is 2. The SMILES string of the molecule is Cc1c(-c2nc3c(o2)CN(C(=O)CN2CCC(C)(C(=O)O)C2)C3)cccc1-c1cccc(NC(=O)c2nc3c(n2C)CCN(C)C3)c1Cl. The molecule has 1 unspecified atom stereocenters. The van der Waals surface area contributed by atoms with Gasteiger partial charge in [-0.15, -0.1) is 0 Å². The van der Waals surface area contributed by atoms with Crippen LogP contribution in [0.4, 0.5) is 5.69 Å². The molecule has 0 saturated carbocycles. The lowest BCUT2D eigenvalue weighted by atomic mass is 9.90. The zero-order valence-corrected chi connectivity index (χ0v) is 28.2. The number of rotatable bonds is 7. The molecule has 48 heavy (non-hydrogen) atoms. The standard InChI is InChI=1S/C35H38ClN7O5/c1-20-21(23-9-6-10-24(30(23)36)38-32(45)31-37-25-15-40(3)13-11-27(25)41(31)4)7-5-8-22(20)33-39-26-16-43(17-28(26)48-33)29(44)18-42-14-12-35(2,19-42)34(46)47/h5-10H,11-19H2,1-4H3,(H,38,45)(H,46,47). The smallest absolute Gasteiger partial charge is 0.310 e. The number of oxazole rings is 1. The number of benzene rings is 2. The molecule has 250 valence electrons. The highest BCUT2D eigenvalue weighted by Gasteiger charge is 2.41. The van der Waals surface area contributed by atoms with Gasteiger partial charge in [-0.05, 0) is 57.1 Å². The third-order valence-electron chi connectivity index (χ3n) is 9.98. The zero-order chi connectivity index (χ0) is 33.9. The summed E-state index contributed by atoms with van der Waals surface area (Å²) in [6.07, 6.45) is 1.36. The fraction of sp³-hybridized carbons (Fsp3) is 0.400. The summed E-state index contributed by atoms with van der Waals surface area (Å²) in [5, 5.41) is 12.9. The quantitative estimate of drug-likeness (QED) is 0.289. The molecular weight excluding hydrogens is 634 g/mol. The molecule has 1 atom stereocenters. The second kappa shape index (κ2) is 12.2. The van der Waals surface area contributed by atoms with Crippen molar-refractivity contribution in [3.63, 3.8) is 0 Å². The van der Waals surface area contributed by atoms with Gasteiger partial charge in [0.05, 0.1) is 41.5 Å². The molecule has 0 bridgehead atoms. The number of halogens is 1. The van der Waals surface area contributed by atoms with E-state index in [9.17, 15) is 19.5 Å². The summed E-state index contributed by atoms with van der Waals surface area (Å²) in [5.74, 6) is 0.236. The number of nitrogens with one attached hydrogen (secondary N) is 1. The number of fused-ring (bicyclic) bond motifs is 2. The molecule has 2 amide bonds. The first-order chi connectivity index (χ1) is 22.9. The Morgan fingerprint density at radius 2 is 1.75 bits per heavy atom. The van der Waals surface area contributed by atoms with Crippen molar-refractivity contribution in [2.24, 2.45) is 12.5 Å². The van der Waals surface area contributed by atoms with Gasteiger partial charge in [0, 0.05) is 49.9 Å². The number of aromatic nitrogens is 3. The van der Waals surface area contributed by atoms with Crippen LogP contribution >= 0.6 is 11.6 Å². The third kappa shape index (κ3) is 5.67. The summed E-state index contributed by atoms with van der Waals surface area (Å²) in [7, 11) is 3.92. The summed E-state index contributed by atoms with van der Waals surface area (Å²) in [6.45, 7) is 7.08. The third-order valence-corrected chi connectivity index (χ3v) is 10.4. The summed E-state index contributed by atoms with van der Waals surface area (Å²) in [6, 6.07) is 11.4. The lowest BCUT2D eigenvalue weighted by Crippen LogP contribution is -2.39. The highest BCUT2D eigenvalue weighted by molar-refractivity contribution is 6.36. The predicted octanol–water partition coefficient (Wildman–Crippen LogP) is 4.58. The molecule has 2 aromatic heterocycles. The van der Waals surface area contributed by atoms with Crippen LogP contribution in [0, 0.1) is 12.3 Å². The maximum atomic E-state index is 13.4. The van der Waals surface area contributed by atoms with E-state index < -0.39 is 11.4 Å². The normalized spacial score (nSPS) is 19.4. The number of carboxylic acids is 1. The van der Waals surface area contributed by atoms with Gasteiger partial charge < -0.3 is 29.2 Å². The van der Waals surface area contributed by atoms with Crippen LogP contribution in [0.1, 0.15) is 52.4 Å². The van der Waals surface area contributed by atoms with E-state index in [2.05, 4.69) is 15.2 Å². The van der Waals surface area contributed by atoms with Crippen LogP contribution in [0.5, 0.6) is 0 Å². The first kappa shape index (κ1) is 32.0. The van der Waals surface area contributed by atoms with Gasteiger partial charge >= 0.3 is 5.97 Å². The van der Waals surface area contributed by atoms with Gasteiger partial charge in [-0.3, -0.25) is 19.3 Å². The van der Waals surface area contributed by atoms with Crippen molar-refractivity contribution < 1.29 is 23.9 Å². The van der Waals surface area contributed by atoms with Crippen molar-refractivity contribution >= 4 is 35.1 Å². The second-order valence-corrected chi connectivity index (χ2v) is 13.8. The lowest BCUT2D eigenvalue weighted by molar-refractivity contribution is -0.147. The molecule has 3 aliphatic heterocycles. The molecule has 7 rings (SSSR count). The molecule has 1 fully saturated rings. The Labute approximate surface area is 283 Å². The van der Waals surface area contributed by atoms with E-state index in [1.54, 1.807) is 17.9 Å². The maximum absolute atomic E-state index is 13.4. The van der Waals surface area contributed by atoms with Crippen LogP contribution in [0.3, 0.4) is 0 Å². The molecule has 12 nitrogen and oxygen atoms in total. The molecule has 2 aromatic carbocycles. The summed E-state index contributed by atoms with van der Waals surface area (Å²) in [5.41, 5.74) is 5.72. The number of carboxylic acid groups (broad SMARTS) is 1. The van der Waals surface area contributed by atoms with E-state index in [1.165, 1.54) is 0 Å². The van der Waals surface area contributed by atoms with Gasteiger partial charge in [0.2, 0.25) is 11.8 Å². The lowest BCUT2D eigenvalue weighted by Gasteiger charge is -2.22. The topological polar surface area (TPSA) is 137 Å². The van der Waals surface area contributed by atoms with Crippen molar-refractivity contribution in [2.45, 2.75) is 46.3 Å². The molecule has 0 aliphatic carbocycles. The van der Waals surface area contributed by atoms with Crippen LogP contribution in [-0.4, -0.2) is 85.4 Å². The van der Waals surface area contributed by atoms with Crippen molar-refractivity contribution in [3.8, 4) is 22.6 Å². The number of hydrogen-bond acceptors (Lipinski definition) is 8. The summed E-state index contributed by atoms with van der Waals surface area (Å²) < 4.78 is 8.08. The van der Waals surface area contributed by atoms with Crippen molar-refractivity contribution in [1.82, 2.24) is 29.2 Å². The largest absolute Gasteiger partial charge is 0.481 e. The monoisotopic (exact) mass is 671 g/mol. The Morgan fingerprint density at radius 3 is 2.50 bits per heavy atom. The first-order valence-electron chi connectivity index (χ1n) is 16.1. The average Bonchev–Trinajstić information content (AvgIpc) is 3.81. The Hall–Kier alpha value is -4.52. The van der Waals surface area contributed by atoms with Crippen molar-refractivity contribution in [2.75, 3.05) is 38.5 Å². The number of aliphatic carboxylic acids is 1. The molecule has 1 saturated heterocycles. The molecule has 4 aromatic rings. The summed E-state index contributed by atoms with van der Waals surface area (Å²) >= 11 is 6.95. The first-order valence-corrected chi connectivity index (χ1v) is 16.4. The van der Waals surface area contributed by atoms with Gasteiger partial charge in [-0.2, -0.15) is 0 Å². The van der Waals surface area contributed by atoms with E-state index in [-0.39, 0.29) is 18.4 Å². The summed E-state index contributed by atoms with van der Waals surface area (Å²) in [4.78, 5) is 53.2. The van der Waals surface area contributed by atoms with E-state index in [0.717, 1.165) is 46.6 Å². The van der Waals surface area contributed by atoms with Crippen LogP contribution in [0.25, 0.3) is 22.6 Å². The van der Waals surface area contributed by atoms with Crippen LogP contribution in [0.2, 0.25) is 5.02 Å². The molecule has 2 N–H and O–H groups in total. The van der Waals surface area contributed by atoms with Gasteiger partial charge in [0.25, 0.3) is 5.91 Å². The fourth-order valence-corrected chi connectivity index (χ4v) is 7.30. The number of hydrogen-bond donors (Lipinski definition) is 2. The minimum atomic E-state index is -0.831. The molecule has 0 spiro atoms. The highest BCUT2D eigenvalue weighted by Crippen LogP contribution is 2.39. The van der Waals surface area contributed by atoms with Gasteiger partial charge in [0.15, 0.2) is 5.82 Å². The minimum Gasteiger partial charge on any atom is -0.481 e. The number of carbonyl (C=O) groups is 3. The fourth-order valence-electron chi connectivity index (χ4n) is 7.03. The zero-order valence-electron chi connectivity index (χ0n) is 27.5. The van der Waals surface area contributed by atoms with Crippen molar-refractivity contribution in [3.05, 3.63) is 75.7 Å². The van der Waals surface area contributed by atoms with Crippen LogP contribution < -0.4 is 5.32 Å². The number of carbonyl (C=O) groups excluding carboxylic acids is 2. The number of likely N-dealkylation sites (tertiary alicyclic amines) is 1. The Bertz CT molecular complexity index is 1940. The predicted molar refractivity (Wildman–Crippen MR) is 179 cm³/mol. The van der Waals surface area contributed by atoms with Gasteiger partial charge in [-0.25, -0.2) is 9.97 Å². The van der Waals surface area contributed by atoms with Crippen molar-refractivity contribution in [1.29, 1.82) is 0 Å². The Balaban J connectivity index is 1.06. The highest BCUT2D eigenvalue weighted by atomic mass is 35.5. The van der Waals surface area contributed by atoms with Crippen LogP contribution in [-0.2, 0) is 42.7 Å². The number of anilines is 1. The number of likely N-dealkylation sites (N-methyl/N-ethyl adjacent to an activating group) is 1. The number of imidazole rings is 1. The van der Waals surface area contributed by atoms with E-state index in [1.807, 2.05) is 60.8 Å². The molecular formula is C35H38ClN7O5. The van der Waals surface area contributed by atoms with E-state index >= 15 is 0 Å². The Morgan fingerprint density at radius 1 is 1.00 bits per heavy atom. The van der Waals surface area contributed by atoms with Crippen LogP contribution in [0.15, 0.2) is 40.8 Å². The van der Waals surface area contributed by atoms with E-state index in [4.69, 9.17) is 21.0 Å². The van der Waals surface area contributed by atoms with E-state index in [0.29, 0.717) is 73.0 Å². The number of nitrogens with zero attached hydrogens (tertiary/aromatic N) is 6. The van der Waals surface area contributed by atoms with Gasteiger partial charge in [-0.1, -0.05) is 35.9 Å². The Kier molecular flexibility index (Phi) is 8.13. The maximum Gasteiger partial charge on any atom is 0.310 e. The second-order valence-electron chi connectivity index (χ2n) is 13.4. The average molecular weight is 672 g/mol.